The van der Waals surface area contributed by atoms with Crippen molar-refractivity contribution in [1.82, 2.24) is 0 Å². The number of ether oxygens (including phenoxy) is 2. The van der Waals surface area contributed by atoms with Crippen LogP contribution < -0.4 is 9.91 Å². The van der Waals surface area contributed by atoms with E-state index in [1.807, 2.05) is 11.0 Å². The SMILES string of the molecule is COCCN(CCOC)c1ccc(/C=C2\C(=O)N(c3ccc(C(=O)O)cc3)N=C2C#N)o1. The fourth-order valence-corrected chi connectivity index (χ4v) is 3.01. The van der Waals surface area contributed by atoms with Gasteiger partial charge in [0.25, 0.3) is 5.91 Å². The maximum Gasteiger partial charge on any atom is 0.335 e. The fourth-order valence-electron chi connectivity index (χ4n) is 3.01. The molecule has 1 N–H and O–H groups in total. The van der Waals surface area contributed by atoms with Crippen molar-refractivity contribution in [1.29, 1.82) is 5.26 Å². The van der Waals surface area contributed by atoms with Gasteiger partial charge in [-0.1, -0.05) is 0 Å². The number of carboxylic acid groups (broad SMARTS) is 1. The predicted octanol–water partition coefficient (Wildman–Crippen LogP) is 2.39. The Morgan fingerprint density at radius 2 is 1.84 bits per heavy atom. The number of aromatic carboxylic acids is 1. The number of nitrogens with zero attached hydrogens (tertiary/aromatic N) is 4. The lowest BCUT2D eigenvalue weighted by Crippen LogP contribution is -2.30. The first kappa shape index (κ1) is 22.7. The number of anilines is 2. The van der Waals surface area contributed by atoms with E-state index < -0.39 is 11.9 Å². The monoisotopic (exact) mass is 438 g/mol. The average molecular weight is 438 g/mol. The van der Waals surface area contributed by atoms with Crippen LogP contribution in [-0.4, -0.2) is 63.2 Å². The Kier molecular flexibility index (Phi) is 7.38. The van der Waals surface area contributed by atoms with Crippen molar-refractivity contribution in [3.8, 4) is 6.07 Å². The summed E-state index contributed by atoms with van der Waals surface area (Å²) in [6.45, 7) is 2.18. The number of amides is 1. The van der Waals surface area contributed by atoms with Crippen LogP contribution in [0.3, 0.4) is 0 Å². The largest absolute Gasteiger partial charge is 0.478 e. The Morgan fingerprint density at radius 3 is 2.41 bits per heavy atom. The van der Waals surface area contributed by atoms with Gasteiger partial charge in [0.05, 0.1) is 30.0 Å². The van der Waals surface area contributed by atoms with Gasteiger partial charge in [-0.05, 0) is 36.4 Å². The number of rotatable bonds is 10. The zero-order valence-electron chi connectivity index (χ0n) is 17.6. The molecule has 3 rings (SSSR count). The highest BCUT2D eigenvalue weighted by molar-refractivity contribution is 6.37. The van der Waals surface area contributed by atoms with Crippen LogP contribution in [0, 0.1) is 11.3 Å². The second-order valence-electron chi connectivity index (χ2n) is 6.74. The van der Waals surface area contributed by atoms with Crippen LogP contribution in [0.5, 0.6) is 0 Å². The standard InChI is InChI=1S/C22H22N4O6/c1-30-11-9-25(10-12-31-2)20-8-7-17(32-20)13-18-19(14-23)24-26(21(18)27)16-5-3-15(4-6-16)22(28)29/h3-8,13H,9-12H2,1-2H3,(H,28,29)/b18-13-. The Bertz CT molecular complexity index is 1070. The molecule has 1 aliphatic heterocycles. The Labute approximate surface area is 184 Å². The second kappa shape index (κ2) is 10.4. The van der Waals surface area contributed by atoms with Crippen molar-refractivity contribution in [2.45, 2.75) is 0 Å². The number of hydrogen-bond acceptors (Lipinski definition) is 8. The number of carbonyl (C=O) groups is 2. The van der Waals surface area contributed by atoms with E-state index in [1.165, 1.54) is 30.3 Å². The zero-order valence-corrected chi connectivity index (χ0v) is 17.6. The Morgan fingerprint density at radius 1 is 1.19 bits per heavy atom. The van der Waals surface area contributed by atoms with Crippen LogP contribution in [0.4, 0.5) is 11.6 Å². The third-order valence-electron chi connectivity index (χ3n) is 4.68. The van der Waals surface area contributed by atoms with Crippen LogP contribution in [0.15, 0.2) is 51.5 Å². The van der Waals surface area contributed by atoms with E-state index in [2.05, 4.69) is 5.10 Å². The molecule has 0 aliphatic carbocycles. The lowest BCUT2D eigenvalue weighted by molar-refractivity contribution is -0.114. The van der Waals surface area contributed by atoms with Crippen molar-refractivity contribution < 1.29 is 28.6 Å². The molecule has 166 valence electrons. The van der Waals surface area contributed by atoms with Gasteiger partial charge in [-0.3, -0.25) is 4.79 Å². The lowest BCUT2D eigenvalue weighted by atomic mass is 10.1. The van der Waals surface area contributed by atoms with Crippen molar-refractivity contribution in [2.24, 2.45) is 5.10 Å². The molecule has 0 spiro atoms. The molecular formula is C22H22N4O6. The Balaban J connectivity index is 1.84. The lowest BCUT2D eigenvalue weighted by Gasteiger charge is -2.20. The molecule has 0 radical (unpaired) electrons. The van der Waals surface area contributed by atoms with Crippen molar-refractivity contribution >= 4 is 35.2 Å². The number of methoxy groups -OCH3 is 2. The normalized spacial score (nSPS) is 14.5. The number of benzene rings is 1. The first-order valence-electron chi connectivity index (χ1n) is 9.69. The smallest absolute Gasteiger partial charge is 0.335 e. The zero-order chi connectivity index (χ0) is 23.1. The first-order chi connectivity index (χ1) is 15.5. The Hall–Kier alpha value is -3.94. The molecule has 2 aromatic rings. The molecule has 0 atom stereocenters. The maximum absolute atomic E-state index is 12.9. The highest BCUT2D eigenvalue weighted by atomic mass is 16.5. The molecule has 0 fully saturated rings. The number of hydrazone groups is 1. The number of carbonyl (C=O) groups excluding carboxylic acids is 1. The van der Waals surface area contributed by atoms with Crippen LogP contribution in [0.2, 0.25) is 0 Å². The molecule has 1 amide bonds. The van der Waals surface area contributed by atoms with Gasteiger partial charge in [-0.2, -0.15) is 15.4 Å². The molecular weight excluding hydrogens is 416 g/mol. The number of hydrogen-bond donors (Lipinski definition) is 1. The van der Waals surface area contributed by atoms with E-state index >= 15 is 0 Å². The van der Waals surface area contributed by atoms with E-state index in [9.17, 15) is 14.9 Å². The molecule has 10 nitrogen and oxygen atoms in total. The quantitative estimate of drug-likeness (QED) is 0.560. The summed E-state index contributed by atoms with van der Waals surface area (Å²) in [5.41, 5.74) is 0.443. The average Bonchev–Trinajstić information content (AvgIpc) is 3.39. The van der Waals surface area contributed by atoms with Gasteiger partial charge in [-0.15, -0.1) is 0 Å². The van der Waals surface area contributed by atoms with Gasteiger partial charge in [0.1, 0.15) is 11.8 Å². The summed E-state index contributed by atoms with van der Waals surface area (Å²) in [7, 11) is 3.23. The van der Waals surface area contributed by atoms with Gasteiger partial charge in [0.15, 0.2) is 11.6 Å². The number of furan rings is 1. The maximum atomic E-state index is 12.9. The van der Waals surface area contributed by atoms with Crippen molar-refractivity contribution in [3.05, 3.63) is 53.3 Å². The van der Waals surface area contributed by atoms with Gasteiger partial charge in [0.2, 0.25) is 0 Å². The minimum Gasteiger partial charge on any atom is -0.478 e. The van der Waals surface area contributed by atoms with Crippen LogP contribution in [-0.2, 0) is 14.3 Å². The number of nitriles is 1. The minimum absolute atomic E-state index is 0.0640. The molecule has 10 heteroatoms. The molecule has 1 aromatic heterocycles. The molecule has 0 saturated carbocycles. The second-order valence-corrected chi connectivity index (χ2v) is 6.74. The highest BCUT2D eigenvalue weighted by Gasteiger charge is 2.32. The first-order valence-corrected chi connectivity index (χ1v) is 9.69. The van der Waals surface area contributed by atoms with Gasteiger partial charge < -0.3 is 23.9 Å². The minimum atomic E-state index is -1.08. The van der Waals surface area contributed by atoms with Crippen LogP contribution >= 0.6 is 0 Å². The summed E-state index contributed by atoms with van der Waals surface area (Å²) in [4.78, 5) is 25.9. The molecule has 0 unspecified atom stereocenters. The summed E-state index contributed by atoms with van der Waals surface area (Å²) in [6.07, 6.45) is 1.46. The third-order valence-corrected chi connectivity index (χ3v) is 4.68. The molecule has 0 saturated heterocycles. The third kappa shape index (κ3) is 5.03. The molecule has 0 bridgehead atoms. The van der Waals surface area contributed by atoms with Crippen LogP contribution in [0.1, 0.15) is 16.1 Å². The van der Waals surface area contributed by atoms with E-state index in [0.29, 0.717) is 43.6 Å². The summed E-state index contributed by atoms with van der Waals surface area (Å²) >= 11 is 0. The summed E-state index contributed by atoms with van der Waals surface area (Å²) in [5, 5.41) is 23.6. The fraction of sp³-hybridized carbons (Fsp3) is 0.273. The van der Waals surface area contributed by atoms with E-state index in [-0.39, 0.29) is 16.8 Å². The van der Waals surface area contributed by atoms with Gasteiger partial charge in [-0.25, -0.2) is 4.79 Å². The highest BCUT2D eigenvalue weighted by Crippen LogP contribution is 2.27. The summed E-state index contributed by atoms with van der Waals surface area (Å²) in [5.74, 6) is -0.634. The van der Waals surface area contributed by atoms with Crippen LogP contribution in [0.25, 0.3) is 6.08 Å². The number of carboxylic acids is 1. The molecule has 1 aromatic carbocycles. The molecule has 1 aliphatic rings. The predicted molar refractivity (Wildman–Crippen MR) is 117 cm³/mol. The van der Waals surface area contributed by atoms with Gasteiger partial charge >= 0.3 is 5.97 Å². The van der Waals surface area contributed by atoms with E-state index in [0.717, 1.165) is 5.01 Å². The van der Waals surface area contributed by atoms with Crippen molar-refractivity contribution in [2.75, 3.05) is 50.4 Å². The van der Waals surface area contributed by atoms with Gasteiger partial charge in [0, 0.05) is 33.4 Å². The summed E-state index contributed by atoms with van der Waals surface area (Å²) in [6, 6.07) is 11.0. The topological polar surface area (TPSA) is 129 Å². The molecule has 2 heterocycles. The van der Waals surface area contributed by atoms with E-state index in [1.54, 1.807) is 26.4 Å². The van der Waals surface area contributed by atoms with Crippen molar-refractivity contribution in [3.63, 3.8) is 0 Å². The van der Waals surface area contributed by atoms with E-state index in [4.69, 9.17) is 19.0 Å². The summed E-state index contributed by atoms with van der Waals surface area (Å²) < 4.78 is 16.1. The molecule has 32 heavy (non-hydrogen) atoms.